The van der Waals surface area contributed by atoms with Gasteiger partial charge in [-0.3, -0.25) is 0 Å². The molecule has 0 aliphatic carbocycles. The van der Waals surface area contributed by atoms with Crippen molar-refractivity contribution in [1.82, 2.24) is 0 Å². The van der Waals surface area contributed by atoms with Gasteiger partial charge in [0.15, 0.2) is 0 Å². The molecule has 0 saturated heterocycles. The van der Waals surface area contributed by atoms with E-state index in [0.717, 1.165) is 5.21 Å². The second-order valence-electron chi connectivity index (χ2n) is 3.69. The minimum absolute atomic E-state index is 0.278. The van der Waals surface area contributed by atoms with Crippen molar-refractivity contribution in [3.05, 3.63) is 71.8 Å². The van der Waals surface area contributed by atoms with Gasteiger partial charge in [-0.25, -0.2) is 0 Å². The molecule has 0 N–H and O–H groups in total. The Morgan fingerprint density at radius 1 is 0.812 bits per heavy atom. The first-order valence-corrected chi connectivity index (χ1v) is 7.40. The van der Waals surface area contributed by atoms with Crippen molar-refractivity contribution in [2.24, 2.45) is 0 Å². The number of hydrogen-bond acceptors (Lipinski definition) is 1. The van der Waals surface area contributed by atoms with Crippen molar-refractivity contribution >= 4 is 15.7 Å². The van der Waals surface area contributed by atoms with Gasteiger partial charge in [-0.05, 0) is 0 Å². The van der Waals surface area contributed by atoms with E-state index in [4.69, 9.17) is 0 Å². The molecule has 0 bridgehead atoms. The second kappa shape index (κ2) is 5.77. The number of rotatable bonds is 4. The summed E-state index contributed by atoms with van der Waals surface area (Å²) < 4.78 is 11.0. The van der Waals surface area contributed by atoms with E-state index in [0.29, 0.717) is 0 Å². The first kappa shape index (κ1) is 11.3. The molecule has 16 heavy (non-hydrogen) atoms. The van der Waals surface area contributed by atoms with E-state index in [2.05, 4.69) is 24.3 Å². The Bertz CT molecular complexity index is 399. The summed E-state index contributed by atoms with van der Waals surface area (Å²) in [6, 6.07) is 20.6. The number of hydrogen-bond donors (Lipinski definition) is 0. The molecule has 0 atom stereocenters. The third-order valence-electron chi connectivity index (χ3n) is 2.66. The fraction of sp³-hybridized carbons (Fsp3) is 0.143. The van der Waals surface area contributed by atoms with Gasteiger partial charge in [0.2, 0.25) is 0 Å². The first-order chi connectivity index (χ1) is 7.92. The average Bonchev–Trinajstić information content (AvgIpc) is 2.38. The van der Waals surface area contributed by atoms with Crippen molar-refractivity contribution in [3.63, 3.8) is 0 Å². The molecule has 0 amide bonds. The van der Waals surface area contributed by atoms with E-state index in [1.807, 2.05) is 36.4 Å². The Kier molecular flexibility index (Phi) is 4.07. The molecule has 0 fully saturated rings. The van der Waals surface area contributed by atoms with Crippen molar-refractivity contribution < 1.29 is 3.74 Å². The van der Waals surface area contributed by atoms with Crippen LogP contribution in [-0.2, 0) is 3.74 Å². The molecule has 80 valence electrons. The third-order valence-corrected chi connectivity index (χ3v) is 3.74. The normalized spacial score (nSPS) is 10.8. The van der Waals surface area contributed by atoms with Crippen LogP contribution in [0.15, 0.2) is 60.7 Å². The molecule has 2 rings (SSSR count). The zero-order chi connectivity index (χ0) is 11.2. The van der Waals surface area contributed by atoms with E-state index in [9.17, 15) is 3.74 Å². The zero-order valence-electron chi connectivity index (χ0n) is 8.91. The molecule has 2 aromatic rings. The van der Waals surface area contributed by atoms with Gasteiger partial charge in [-0.2, -0.15) is 0 Å². The van der Waals surface area contributed by atoms with Crippen LogP contribution in [0.4, 0.5) is 0 Å². The van der Waals surface area contributed by atoms with Crippen LogP contribution in [-0.4, -0.2) is 15.7 Å². The van der Waals surface area contributed by atoms with Gasteiger partial charge in [-0.1, -0.05) is 0 Å². The Hall–Kier alpha value is -1.20. The first-order valence-electron chi connectivity index (χ1n) is 5.31. The molecular formula is C14H13AsO. The van der Waals surface area contributed by atoms with E-state index in [1.54, 1.807) is 0 Å². The Morgan fingerprint density at radius 2 is 1.25 bits per heavy atom. The second-order valence-corrected chi connectivity index (χ2v) is 4.99. The summed E-state index contributed by atoms with van der Waals surface area (Å²) in [7, 11) is 0. The van der Waals surface area contributed by atoms with Crippen molar-refractivity contribution in [2.75, 3.05) is 0 Å². The summed E-state index contributed by atoms with van der Waals surface area (Å²) in [4.78, 5) is 0. The Balaban J connectivity index is 2.35. The molecule has 2 aromatic carbocycles. The maximum absolute atomic E-state index is 11.0. The van der Waals surface area contributed by atoms with E-state index >= 15 is 0 Å². The van der Waals surface area contributed by atoms with Gasteiger partial charge in [0.1, 0.15) is 0 Å². The topological polar surface area (TPSA) is 17.1 Å². The number of benzene rings is 2. The Morgan fingerprint density at radius 3 is 1.62 bits per heavy atom. The van der Waals surface area contributed by atoms with Crippen LogP contribution in [0.5, 0.6) is 0 Å². The van der Waals surface area contributed by atoms with Crippen molar-refractivity contribution in [2.45, 2.75) is 11.1 Å². The van der Waals surface area contributed by atoms with Crippen LogP contribution >= 0.6 is 0 Å². The third kappa shape index (κ3) is 2.68. The summed E-state index contributed by atoms with van der Waals surface area (Å²) >= 11 is -0.801. The molecule has 0 radical (unpaired) electrons. The van der Waals surface area contributed by atoms with E-state index in [1.165, 1.54) is 11.1 Å². The zero-order valence-corrected chi connectivity index (χ0v) is 10.8. The molecule has 2 heteroatoms. The van der Waals surface area contributed by atoms with Gasteiger partial charge >= 0.3 is 102 Å². The van der Waals surface area contributed by atoms with E-state index in [-0.39, 0.29) is 5.92 Å². The monoisotopic (exact) mass is 272 g/mol. The summed E-state index contributed by atoms with van der Waals surface area (Å²) in [5.74, 6) is 0.278. The standard InChI is InChI=1S/C14H13AsO/c16-15-11-14(12-7-3-1-4-8-12)13-9-5-2-6-10-13/h1-10,14H,11H2. The van der Waals surface area contributed by atoms with Crippen LogP contribution in [0.25, 0.3) is 0 Å². The minimum atomic E-state index is -0.801. The summed E-state index contributed by atoms with van der Waals surface area (Å²) in [6.07, 6.45) is 0. The summed E-state index contributed by atoms with van der Waals surface area (Å²) in [5, 5.41) is 0.754. The van der Waals surface area contributed by atoms with Gasteiger partial charge < -0.3 is 0 Å². The molecule has 0 aromatic heterocycles. The maximum atomic E-state index is 11.0. The van der Waals surface area contributed by atoms with Gasteiger partial charge in [-0.15, -0.1) is 0 Å². The van der Waals surface area contributed by atoms with Crippen molar-refractivity contribution in [3.8, 4) is 0 Å². The predicted octanol–water partition coefficient (Wildman–Crippen LogP) is 3.29. The molecule has 0 heterocycles. The molecule has 0 spiro atoms. The fourth-order valence-corrected chi connectivity index (χ4v) is 3.05. The molecule has 0 aliphatic rings. The van der Waals surface area contributed by atoms with Crippen molar-refractivity contribution in [1.29, 1.82) is 0 Å². The molecule has 0 saturated carbocycles. The van der Waals surface area contributed by atoms with Crippen LogP contribution < -0.4 is 0 Å². The summed E-state index contributed by atoms with van der Waals surface area (Å²) in [6.45, 7) is 0. The quantitative estimate of drug-likeness (QED) is 0.780. The van der Waals surface area contributed by atoms with Crippen LogP contribution in [0.3, 0.4) is 0 Å². The van der Waals surface area contributed by atoms with Crippen LogP contribution in [0.2, 0.25) is 5.21 Å². The molecule has 1 nitrogen and oxygen atoms in total. The Labute approximate surface area is 102 Å². The average molecular weight is 272 g/mol. The van der Waals surface area contributed by atoms with Gasteiger partial charge in [0, 0.05) is 0 Å². The fourth-order valence-electron chi connectivity index (χ4n) is 1.85. The van der Waals surface area contributed by atoms with Gasteiger partial charge in [0.25, 0.3) is 0 Å². The van der Waals surface area contributed by atoms with E-state index < -0.39 is 15.7 Å². The van der Waals surface area contributed by atoms with Crippen LogP contribution in [0.1, 0.15) is 17.0 Å². The summed E-state index contributed by atoms with van der Waals surface area (Å²) in [5.41, 5.74) is 2.50. The SMILES string of the molecule is O=[As]CC(c1ccccc1)c1ccccc1. The molecule has 0 unspecified atom stereocenters. The molecular weight excluding hydrogens is 259 g/mol. The molecule has 0 aliphatic heterocycles. The predicted molar refractivity (Wildman–Crippen MR) is 66.0 cm³/mol. The van der Waals surface area contributed by atoms with Gasteiger partial charge in [0.05, 0.1) is 0 Å². The van der Waals surface area contributed by atoms with Crippen LogP contribution in [0, 0.1) is 0 Å².